The van der Waals surface area contributed by atoms with E-state index in [-0.39, 0.29) is 25.6 Å². The van der Waals surface area contributed by atoms with E-state index >= 15 is 0 Å². The molecule has 1 saturated heterocycles. The van der Waals surface area contributed by atoms with Gasteiger partial charge in [-0.05, 0) is 22.3 Å². The second-order valence-corrected chi connectivity index (χ2v) is 6.64. The molecule has 0 aromatic heterocycles. The summed E-state index contributed by atoms with van der Waals surface area (Å²) in [6, 6.07) is 14.9. The predicted molar refractivity (Wildman–Crippen MR) is 96.2 cm³/mol. The number of hydrogen-bond donors (Lipinski definition) is 2. The van der Waals surface area contributed by atoms with Crippen LogP contribution in [0.4, 0.5) is 4.79 Å². The zero-order valence-corrected chi connectivity index (χ0v) is 14.4. The molecule has 1 aliphatic heterocycles. The summed E-state index contributed by atoms with van der Waals surface area (Å²) in [6.07, 6.45) is -0.682. The van der Waals surface area contributed by atoms with Crippen molar-refractivity contribution in [1.82, 2.24) is 10.2 Å². The van der Waals surface area contributed by atoms with Gasteiger partial charge in [-0.1, -0.05) is 48.5 Å². The van der Waals surface area contributed by atoms with Gasteiger partial charge in [0.1, 0.15) is 19.2 Å². The summed E-state index contributed by atoms with van der Waals surface area (Å²) in [5.74, 6) is -1.78. The van der Waals surface area contributed by atoms with Crippen molar-refractivity contribution in [2.45, 2.75) is 12.0 Å². The molecule has 0 unspecified atom stereocenters. The maximum absolute atomic E-state index is 12.4. The van der Waals surface area contributed by atoms with Gasteiger partial charge in [-0.2, -0.15) is 0 Å². The van der Waals surface area contributed by atoms with E-state index in [2.05, 4.69) is 5.32 Å². The number of nitrogens with zero attached hydrogens (tertiary/aromatic N) is 1. The number of piperazine rings is 1. The Morgan fingerprint density at radius 3 is 2.26 bits per heavy atom. The third-order valence-corrected chi connectivity index (χ3v) is 4.96. The molecule has 2 aliphatic rings. The number of hydrogen-bond acceptors (Lipinski definition) is 4. The van der Waals surface area contributed by atoms with Crippen molar-refractivity contribution in [3.05, 3.63) is 59.7 Å². The molecule has 0 bridgehead atoms. The Balaban J connectivity index is 1.50. The highest BCUT2D eigenvalue weighted by Gasteiger charge is 2.34. The Bertz CT molecular complexity index is 881. The van der Waals surface area contributed by atoms with E-state index in [1.807, 2.05) is 48.5 Å². The third kappa shape index (κ3) is 3.12. The van der Waals surface area contributed by atoms with Gasteiger partial charge in [0, 0.05) is 5.92 Å². The number of carbonyl (C=O) groups is 3. The van der Waals surface area contributed by atoms with Crippen LogP contribution in [0.2, 0.25) is 0 Å². The van der Waals surface area contributed by atoms with E-state index in [1.165, 1.54) is 0 Å². The largest absolute Gasteiger partial charge is 0.480 e. The van der Waals surface area contributed by atoms with Crippen molar-refractivity contribution in [3.8, 4) is 11.1 Å². The summed E-state index contributed by atoms with van der Waals surface area (Å²) in [7, 11) is 0. The first kappa shape index (κ1) is 17.1. The van der Waals surface area contributed by atoms with Crippen molar-refractivity contribution in [2.24, 2.45) is 0 Å². The second kappa shape index (κ2) is 6.75. The zero-order valence-electron chi connectivity index (χ0n) is 14.4. The molecule has 27 heavy (non-hydrogen) atoms. The lowest BCUT2D eigenvalue weighted by atomic mass is 9.98. The van der Waals surface area contributed by atoms with Crippen LogP contribution in [0.5, 0.6) is 0 Å². The smallest absolute Gasteiger partial charge is 0.410 e. The highest BCUT2D eigenvalue weighted by molar-refractivity contribution is 5.89. The molecule has 2 aromatic rings. The minimum atomic E-state index is -1.18. The standard InChI is InChI=1S/C20H18N2O5/c23-18-10-22(9-17(21-18)19(24)25)20(26)27-11-16-14-7-3-1-5-12(14)13-6-2-4-8-15(13)16/h1-8,16-17H,9-11H2,(H,21,23)(H,24,25)/t17-/m1/s1. The van der Waals surface area contributed by atoms with Crippen molar-refractivity contribution >= 4 is 18.0 Å². The van der Waals surface area contributed by atoms with E-state index < -0.39 is 24.0 Å². The van der Waals surface area contributed by atoms with Crippen molar-refractivity contribution in [3.63, 3.8) is 0 Å². The summed E-state index contributed by atoms with van der Waals surface area (Å²) < 4.78 is 5.47. The highest BCUT2D eigenvalue weighted by Crippen LogP contribution is 2.44. The number of aliphatic carboxylic acids is 1. The van der Waals surface area contributed by atoms with Gasteiger partial charge in [0.15, 0.2) is 0 Å². The number of carboxylic acids is 1. The SMILES string of the molecule is O=C1CN(C(=O)OCC2c3ccccc3-c3ccccc32)C[C@H](C(=O)O)N1. The Morgan fingerprint density at radius 2 is 1.67 bits per heavy atom. The van der Waals surface area contributed by atoms with Gasteiger partial charge in [-0.3, -0.25) is 9.69 Å². The predicted octanol–water partition coefficient (Wildman–Crippen LogP) is 1.82. The number of ether oxygens (including phenoxy) is 1. The molecule has 1 heterocycles. The van der Waals surface area contributed by atoms with Gasteiger partial charge in [-0.15, -0.1) is 0 Å². The van der Waals surface area contributed by atoms with Crippen molar-refractivity contribution in [2.75, 3.05) is 19.7 Å². The van der Waals surface area contributed by atoms with Crippen LogP contribution in [-0.4, -0.2) is 53.7 Å². The summed E-state index contributed by atoms with van der Waals surface area (Å²) in [5, 5.41) is 11.4. The highest BCUT2D eigenvalue weighted by atomic mass is 16.6. The lowest BCUT2D eigenvalue weighted by Crippen LogP contribution is -2.58. The van der Waals surface area contributed by atoms with Gasteiger partial charge >= 0.3 is 12.1 Å². The van der Waals surface area contributed by atoms with E-state index in [0.29, 0.717) is 0 Å². The van der Waals surface area contributed by atoms with Crippen LogP contribution in [0.3, 0.4) is 0 Å². The summed E-state index contributed by atoms with van der Waals surface area (Å²) in [5.41, 5.74) is 4.42. The number of benzene rings is 2. The fraction of sp³-hybridized carbons (Fsp3) is 0.250. The minimum Gasteiger partial charge on any atom is -0.480 e. The number of rotatable bonds is 3. The number of fused-ring (bicyclic) bond motifs is 3. The Labute approximate surface area is 155 Å². The summed E-state index contributed by atoms with van der Waals surface area (Å²) in [6.45, 7) is -0.194. The molecule has 138 valence electrons. The van der Waals surface area contributed by atoms with E-state index in [0.717, 1.165) is 27.2 Å². The summed E-state index contributed by atoms with van der Waals surface area (Å²) >= 11 is 0. The van der Waals surface area contributed by atoms with Gasteiger partial charge in [-0.25, -0.2) is 9.59 Å². The first-order valence-electron chi connectivity index (χ1n) is 8.66. The van der Waals surface area contributed by atoms with Gasteiger partial charge in [0.25, 0.3) is 0 Å². The monoisotopic (exact) mass is 366 g/mol. The molecule has 7 nitrogen and oxygen atoms in total. The number of amides is 2. The van der Waals surface area contributed by atoms with Crippen LogP contribution in [0.25, 0.3) is 11.1 Å². The first-order chi connectivity index (χ1) is 13.0. The Morgan fingerprint density at radius 1 is 1.07 bits per heavy atom. The minimum absolute atomic E-state index is 0.0877. The quantitative estimate of drug-likeness (QED) is 0.864. The maximum Gasteiger partial charge on any atom is 0.410 e. The van der Waals surface area contributed by atoms with Crippen LogP contribution in [-0.2, 0) is 14.3 Å². The topological polar surface area (TPSA) is 95.9 Å². The number of nitrogens with one attached hydrogen (secondary N) is 1. The molecule has 7 heteroatoms. The molecular formula is C20H18N2O5. The maximum atomic E-state index is 12.4. The Hall–Kier alpha value is -3.35. The van der Waals surface area contributed by atoms with E-state index in [4.69, 9.17) is 9.84 Å². The molecule has 1 aliphatic carbocycles. The summed E-state index contributed by atoms with van der Waals surface area (Å²) in [4.78, 5) is 36.3. The van der Waals surface area contributed by atoms with Crippen LogP contribution in [0.1, 0.15) is 17.0 Å². The molecule has 1 atom stereocenters. The fourth-order valence-electron chi connectivity index (χ4n) is 3.71. The molecule has 2 amide bonds. The number of carboxylic acid groups (broad SMARTS) is 1. The van der Waals surface area contributed by atoms with Crippen LogP contribution >= 0.6 is 0 Å². The Kier molecular flexibility index (Phi) is 4.27. The molecule has 2 aromatic carbocycles. The number of carbonyl (C=O) groups excluding carboxylic acids is 2. The van der Waals surface area contributed by atoms with Gasteiger partial charge < -0.3 is 15.2 Å². The average molecular weight is 366 g/mol. The molecule has 0 spiro atoms. The zero-order chi connectivity index (χ0) is 19.0. The van der Waals surface area contributed by atoms with E-state index in [9.17, 15) is 14.4 Å². The molecule has 4 rings (SSSR count). The molecule has 0 radical (unpaired) electrons. The molecule has 1 fully saturated rings. The van der Waals surface area contributed by atoms with Crippen LogP contribution < -0.4 is 5.32 Å². The third-order valence-electron chi connectivity index (χ3n) is 4.96. The second-order valence-electron chi connectivity index (χ2n) is 6.64. The molecular weight excluding hydrogens is 348 g/mol. The molecule has 2 N–H and O–H groups in total. The van der Waals surface area contributed by atoms with Gasteiger partial charge in [0.05, 0.1) is 6.54 Å². The normalized spacial score (nSPS) is 18.4. The van der Waals surface area contributed by atoms with Crippen molar-refractivity contribution < 1.29 is 24.2 Å². The lowest BCUT2D eigenvalue weighted by Gasteiger charge is -2.30. The van der Waals surface area contributed by atoms with Crippen LogP contribution in [0.15, 0.2) is 48.5 Å². The van der Waals surface area contributed by atoms with Crippen LogP contribution in [0, 0.1) is 0 Å². The molecule has 0 saturated carbocycles. The average Bonchev–Trinajstić information content (AvgIpc) is 2.99. The first-order valence-corrected chi connectivity index (χ1v) is 8.66. The lowest BCUT2D eigenvalue weighted by molar-refractivity contribution is -0.144. The fourth-order valence-corrected chi connectivity index (χ4v) is 3.71. The van der Waals surface area contributed by atoms with Gasteiger partial charge in [0.2, 0.25) is 5.91 Å². The van der Waals surface area contributed by atoms with E-state index in [1.54, 1.807) is 0 Å². The van der Waals surface area contributed by atoms with Crippen molar-refractivity contribution in [1.29, 1.82) is 0 Å².